The van der Waals surface area contributed by atoms with E-state index in [0.29, 0.717) is 36.6 Å². The summed E-state index contributed by atoms with van der Waals surface area (Å²) in [4.78, 5) is 20.6. The molecule has 0 atom stereocenters. The molecule has 1 saturated carbocycles. The van der Waals surface area contributed by atoms with Crippen LogP contribution < -0.4 is 9.64 Å². The molecule has 9 heteroatoms. The first-order valence-corrected chi connectivity index (χ1v) is 14.6. The number of hydrogen-bond acceptors (Lipinski definition) is 7. The van der Waals surface area contributed by atoms with E-state index in [1.165, 1.54) is 37.3 Å². The van der Waals surface area contributed by atoms with Crippen LogP contribution >= 0.6 is 0 Å². The number of aromatic nitrogens is 3. The number of benzene rings is 1. The van der Waals surface area contributed by atoms with Crippen molar-refractivity contribution in [1.29, 1.82) is 0 Å². The fourth-order valence-corrected chi connectivity index (χ4v) is 6.30. The van der Waals surface area contributed by atoms with Crippen LogP contribution in [0.4, 0.5) is 14.5 Å². The second kappa shape index (κ2) is 11.7. The minimum atomic E-state index is -0.590. The van der Waals surface area contributed by atoms with Gasteiger partial charge in [0.05, 0.1) is 24.8 Å². The lowest BCUT2D eigenvalue weighted by Gasteiger charge is -2.38. The van der Waals surface area contributed by atoms with Gasteiger partial charge in [-0.25, -0.2) is 18.7 Å². The Morgan fingerprint density at radius 3 is 2.48 bits per heavy atom. The summed E-state index contributed by atoms with van der Waals surface area (Å²) in [6, 6.07) is 8.10. The molecule has 2 aromatic heterocycles. The van der Waals surface area contributed by atoms with Crippen molar-refractivity contribution < 1.29 is 13.5 Å². The van der Waals surface area contributed by atoms with Crippen molar-refractivity contribution in [2.75, 3.05) is 44.2 Å². The second-order valence-electron chi connectivity index (χ2n) is 11.5. The van der Waals surface area contributed by atoms with Gasteiger partial charge in [-0.15, -0.1) is 0 Å². The fraction of sp³-hybridized carbons (Fsp3) is 0.516. The number of fused-ring (bicyclic) bond motifs is 1. The van der Waals surface area contributed by atoms with Crippen LogP contribution in [0.1, 0.15) is 56.6 Å². The second-order valence-corrected chi connectivity index (χ2v) is 11.5. The summed E-state index contributed by atoms with van der Waals surface area (Å²) in [6.45, 7) is 10.5. The number of nitrogens with zero attached hydrogens (tertiary/aromatic N) is 6. The molecule has 0 radical (unpaired) electrons. The zero-order valence-corrected chi connectivity index (χ0v) is 23.5. The molecule has 212 valence electrons. The Morgan fingerprint density at radius 1 is 0.950 bits per heavy atom. The maximum Gasteiger partial charge on any atom is 0.178 e. The predicted octanol–water partition coefficient (Wildman–Crippen LogP) is 5.08. The summed E-state index contributed by atoms with van der Waals surface area (Å²) in [6.07, 6.45) is 8.93. The van der Waals surface area contributed by atoms with Crippen LogP contribution in [-0.2, 0) is 13.0 Å². The molecule has 40 heavy (non-hydrogen) atoms. The van der Waals surface area contributed by atoms with E-state index >= 15 is 0 Å². The minimum Gasteiger partial charge on any atom is -0.486 e. The summed E-state index contributed by atoms with van der Waals surface area (Å²) < 4.78 is 35.5. The summed E-state index contributed by atoms with van der Waals surface area (Å²) in [5, 5.41) is 0. The van der Waals surface area contributed by atoms with Gasteiger partial charge in [0.2, 0.25) is 0 Å². The van der Waals surface area contributed by atoms with Crippen molar-refractivity contribution in [2.45, 2.75) is 64.6 Å². The molecule has 6 rings (SSSR count). The van der Waals surface area contributed by atoms with Gasteiger partial charge in [0, 0.05) is 62.3 Å². The first-order valence-electron chi connectivity index (χ1n) is 14.6. The predicted molar refractivity (Wildman–Crippen MR) is 152 cm³/mol. The number of rotatable bonds is 7. The summed E-state index contributed by atoms with van der Waals surface area (Å²) in [5.74, 6) is -0.463. The van der Waals surface area contributed by atoms with Crippen molar-refractivity contribution in [3.8, 4) is 17.0 Å². The average Bonchev–Trinajstić information content (AvgIpc) is 3.50. The van der Waals surface area contributed by atoms with E-state index in [4.69, 9.17) is 4.74 Å². The first kappa shape index (κ1) is 27.0. The van der Waals surface area contributed by atoms with Crippen LogP contribution in [-0.4, -0.2) is 76.2 Å². The van der Waals surface area contributed by atoms with Gasteiger partial charge in [0.15, 0.2) is 17.4 Å². The molecule has 3 aliphatic rings. The number of piperazine rings is 1. The Bertz CT molecular complexity index is 1320. The van der Waals surface area contributed by atoms with Crippen LogP contribution in [0, 0.1) is 11.6 Å². The van der Waals surface area contributed by atoms with E-state index in [0.717, 1.165) is 50.7 Å². The molecule has 0 spiro atoms. The number of halogens is 2. The number of anilines is 1. The van der Waals surface area contributed by atoms with Crippen molar-refractivity contribution in [3.05, 3.63) is 65.4 Å². The smallest absolute Gasteiger partial charge is 0.178 e. The average molecular weight is 549 g/mol. The lowest BCUT2D eigenvalue weighted by molar-refractivity contribution is 0.0936. The largest absolute Gasteiger partial charge is 0.486 e. The molecule has 0 amide bonds. The first-order chi connectivity index (χ1) is 19.4. The lowest BCUT2D eigenvalue weighted by atomic mass is 10.1. The maximum atomic E-state index is 15.0. The molecule has 1 aliphatic carbocycles. The van der Waals surface area contributed by atoms with Gasteiger partial charge in [-0.1, -0.05) is 18.9 Å². The molecule has 4 heterocycles. The molecule has 0 unspecified atom stereocenters. The molecular formula is C31H38F2N6O. The van der Waals surface area contributed by atoms with Gasteiger partial charge in [0.25, 0.3) is 0 Å². The highest BCUT2D eigenvalue weighted by Crippen LogP contribution is 2.39. The standard InChI is InChI=1S/C31H38F2N6O/c1-21(2)39-13-14-40-31-26(32)15-23(16-28(31)39)30-27(33)19-35-29(36-30)17-24-8-7-22(18-34-24)20-37-9-11-38(12-10-37)25-5-3-4-6-25/h7-8,15-16,18-19,21,25H,3-6,9-14,17,20H2,1-2H3. The van der Waals surface area contributed by atoms with E-state index in [1.807, 2.05) is 26.1 Å². The van der Waals surface area contributed by atoms with E-state index in [1.54, 1.807) is 6.07 Å². The Balaban J connectivity index is 1.12. The zero-order valence-electron chi connectivity index (χ0n) is 23.5. The Labute approximate surface area is 235 Å². The highest BCUT2D eigenvalue weighted by Gasteiger charge is 2.27. The van der Waals surface area contributed by atoms with Crippen LogP contribution in [0.3, 0.4) is 0 Å². The molecule has 7 nitrogen and oxygen atoms in total. The fourth-order valence-electron chi connectivity index (χ4n) is 6.30. The molecule has 2 aliphatic heterocycles. The number of hydrogen-bond donors (Lipinski definition) is 0. The quantitative estimate of drug-likeness (QED) is 0.408. The summed E-state index contributed by atoms with van der Waals surface area (Å²) in [5.41, 5.74) is 3.05. The summed E-state index contributed by atoms with van der Waals surface area (Å²) in [7, 11) is 0. The van der Waals surface area contributed by atoms with Crippen molar-refractivity contribution in [2.24, 2.45) is 0 Å². The van der Waals surface area contributed by atoms with Gasteiger partial charge in [-0.3, -0.25) is 14.8 Å². The molecular weight excluding hydrogens is 510 g/mol. The van der Waals surface area contributed by atoms with Crippen LogP contribution in [0.25, 0.3) is 11.3 Å². The van der Waals surface area contributed by atoms with Crippen molar-refractivity contribution in [1.82, 2.24) is 24.8 Å². The van der Waals surface area contributed by atoms with Gasteiger partial charge >= 0.3 is 0 Å². The molecule has 0 bridgehead atoms. The third-order valence-electron chi connectivity index (χ3n) is 8.48. The molecule has 1 saturated heterocycles. The summed E-state index contributed by atoms with van der Waals surface area (Å²) >= 11 is 0. The van der Waals surface area contributed by atoms with Crippen LogP contribution in [0.15, 0.2) is 36.7 Å². The Morgan fingerprint density at radius 2 is 1.75 bits per heavy atom. The van der Waals surface area contributed by atoms with Crippen LogP contribution in [0.2, 0.25) is 0 Å². The SMILES string of the molecule is CC(C)N1CCOc2c(F)cc(-c3nc(Cc4ccc(CN5CCN(C6CCCC6)CC5)cn4)ncc3F)cc21. The third-order valence-corrected chi connectivity index (χ3v) is 8.48. The van der Waals surface area contributed by atoms with Crippen molar-refractivity contribution in [3.63, 3.8) is 0 Å². The molecule has 1 aromatic carbocycles. The lowest BCUT2D eigenvalue weighted by Crippen LogP contribution is -2.49. The maximum absolute atomic E-state index is 15.0. The van der Waals surface area contributed by atoms with Gasteiger partial charge < -0.3 is 9.64 Å². The van der Waals surface area contributed by atoms with Crippen LogP contribution in [0.5, 0.6) is 5.75 Å². The molecule has 0 N–H and O–H groups in total. The van der Waals surface area contributed by atoms with Crippen molar-refractivity contribution >= 4 is 5.69 Å². The van der Waals surface area contributed by atoms with E-state index in [-0.39, 0.29) is 17.5 Å². The van der Waals surface area contributed by atoms with Gasteiger partial charge in [-0.05, 0) is 50.5 Å². The topological polar surface area (TPSA) is 57.6 Å². The van der Waals surface area contributed by atoms with Gasteiger partial charge in [-0.2, -0.15) is 0 Å². The molecule has 2 fully saturated rings. The number of pyridine rings is 1. The van der Waals surface area contributed by atoms with E-state index in [9.17, 15) is 8.78 Å². The highest BCUT2D eigenvalue weighted by atomic mass is 19.1. The van der Waals surface area contributed by atoms with E-state index in [2.05, 4.69) is 35.7 Å². The monoisotopic (exact) mass is 548 g/mol. The normalized spacial score (nSPS) is 18.8. The minimum absolute atomic E-state index is 0.0781. The number of ether oxygens (including phenoxy) is 1. The highest BCUT2D eigenvalue weighted by molar-refractivity contribution is 5.72. The third kappa shape index (κ3) is 5.81. The Hall–Kier alpha value is -3.17. The van der Waals surface area contributed by atoms with Gasteiger partial charge in [0.1, 0.15) is 18.1 Å². The molecule has 3 aromatic rings. The Kier molecular flexibility index (Phi) is 7.94. The van der Waals surface area contributed by atoms with E-state index < -0.39 is 11.6 Å². The zero-order chi connectivity index (χ0) is 27.6.